The van der Waals surface area contributed by atoms with Crippen LogP contribution in [0.25, 0.3) is 0 Å². The highest BCUT2D eigenvalue weighted by Crippen LogP contribution is 2.27. The van der Waals surface area contributed by atoms with Gasteiger partial charge in [-0.25, -0.2) is 4.79 Å². The Balaban J connectivity index is 2.21. The molecule has 6 nitrogen and oxygen atoms in total. The third kappa shape index (κ3) is 2.85. The average Bonchev–Trinajstić information content (AvgIpc) is 2.79. The van der Waals surface area contributed by atoms with E-state index in [0.717, 1.165) is 0 Å². The fourth-order valence-corrected chi connectivity index (χ4v) is 1.98. The topological polar surface area (TPSA) is 76.4 Å². The van der Waals surface area contributed by atoms with Gasteiger partial charge in [0.15, 0.2) is 0 Å². The van der Waals surface area contributed by atoms with Gasteiger partial charge in [0.1, 0.15) is 11.3 Å². The van der Waals surface area contributed by atoms with Crippen LogP contribution < -0.4 is 10.1 Å². The summed E-state index contributed by atoms with van der Waals surface area (Å²) in [5.41, 5.74) is 1.40. The summed E-state index contributed by atoms with van der Waals surface area (Å²) in [6, 6.07) is 5.21. The maximum absolute atomic E-state index is 11.1. The number of methoxy groups -OCH3 is 1. The number of nitrogens with zero attached hydrogens (tertiary/aromatic N) is 2. The molecule has 0 amide bonds. The minimum atomic E-state index is -1.01. The van der Waals surface area contributed by atoms with Crippen LogP contribution in [0.5, 0.6) is 5.75 Å². The highest BCUT2D eigenvalue weighted by atomic mass is 35.5. The van der Waals surface area contributed by atoms with Gasteiger partial charge in [0.25, 0.3) is 0 Å². The van der Waals surface area contributed by atoms with Crippen LogP contribution in [0.3, 0.4) is 0 Å². The molecule has 2 aromatic rings. The molecule has 0 atom stereocenters. The maximum Gasteiger partial charge on any atom is 0.339 e. The Morgan fingerprint density at radius 2 is 2.30 bits per heavy atom. The Kier molecular flexibility index (Phi) is 4.14. The van der Waals surface area contributed by atoms with Gasteiger partial charge in [0.2, 0.25) is 0 Å². The second-order valence-corrected chi connectivity index (χ2v) is 4.54. The van der Waals surface area contributed by atoms with Crippen molar-refractivity contribution >= 4 is 23.3 Å². The first-order chi connectivity index (χ1) is 9.52. The van der Waals surface area contributed by atoms with E-state index < -0.39 is 5.97 Å². The number of aryl methyl sites for hydroxylation is 1. The van der Waals surface area contributed by atoms with E-state index in [1.807, 2.05) is 0 Å². The summed E-state index contributed by atoms with van der Waals surface area (Å²) in [5, 5.41) is 16.7. The van der Waals surface area contributed by atoms with Crippen LogP contribution >= 0.6 is 11.6 Å². The van der Waals surface area contributed by atoms with Crippen LogP contribution in [-0.4, -0.2) is 28.0 Å². The van der Waals surface area contributed by atoms with E-state index >= 15 is 0 Å². The first-order valence-electron chi connectivity index (χ1n) is 5.84. The number of aromatic nitrogens is 2. The number of nitrogens with one attached hydrogen (secondary N) is 1. The minimum absolute atomic E-state index is 0.166. The van der Waals surface area contributed by atoms with E-state index in [1.165, 1.54) is 10.9 Å². The summed E-state index contributed by atoms with van der Waals surface area (Å²) in [5.74, 6) is -0.341. The zero-order valence-corrected chi connectivity index (χ0v) is 11.8. The second kappa shape index (κ2) is 5.83. The largest absolute Gasteiger partial charge is 0.497 e. The van der Waals surface area contributed by atoms with E-state index in [-0.39, 0.29) is 5.56 Å². The third-order valence-corrected chi connectivity index (χ3v) is 3.24. The zero-order chi connectivity index (χ0) is 14.7. The number of carboxylic acid groups (broad SMARTS) is 1. The number of ether oxygens (including phenoxy) is 1. The van der Waals surface area contributed by atoms with Crippen molar-refractivity contribution in [2.45, 2.75) is 6.54 Å². The van der Waals surface area contributed by atoms with Crippen LogP contribution in [0.15, 0.2) is 24.4 Å². The molecule has 0 saturated carbocycles. The van der Waals surface area contributed by atoms with Crippen molar-refractivity contribution in [1.82, 2.24) is 9.78 Å². The number of rotatable bonds is 5. The molecule has 106 valence electrons. The van der Waals surface area contributed by atoms with E-state index in [2.05, 4.69) is 10.4 Å². The predicted octanol–water partition coefficient (Wildman–Crippen LogP) is 2.39. The van der Waals surface area contributed by atoms with E-state index in [0.29, 0.717) is 28.7 Å². The fourth-order valence-electron chi connectivity index (χ4n) is 1.80. The molecule has 7 heteroatoms. The molecule has 1 aromatic heterocycles. The lowest BCUT2D eigenvalue weighted by molar-refractivity contribution is 0.0695. The molecule has 0 aliphatic rings. The summed E-state index contributed by atoms with van der Waals surface area (Å²) in [4.78, 5) is 11.1. The zero-order valence-electron chi connectivity index (χ0n) is 11.1. The SMILES string of the molecule is COc1ccc(Cl)c(NCc2c(C(=O)O)cnn2C)c1. The van der Waals surface area contributed by atoms with E-state index in [4.69, 9.17) is 21.4 Å². The normalized spacial score (nSPS) is 10.3. The van der Waals surface area contributed by atoms with Crippen molar-refractivity contribution in [3.05, 3.63) is 40.7 Å². The van der Waals surface area contributed by atoms with Crippen LogP contribution in [0.1, 0.15) is 16.1 Å². The lowest BCUT2D eigenvalue weighted by atomic mass is 10.2. The monoisotopic (exact) mass is 295 g/mol. The number of hydrogen-bond donors (Lipinski definition) is 2. The van der Waals surface area contributed by atoms with E-state index in [9.17, 15) is 4.79 Å². The molecule has 20 heavy (non-hydrogen) atoms. The number of benzene rings is 1. The number of hydrogen-bond acceptors (Lipinski definition) is 4. The van der Waals surface area contributed by atoms with Crippen molar-refractivity contribution in [1.29, 1.82) is 0 Å². The van der Waals surface area contributed by atoms with Gasteiger partial charge in [-0.05, 0) is 12.1 Å². The first kappa shape index (κ1) is 14.2. The van der Waals surface area contributed by atoms with Gasteiger partial charge in [-0.1, -0.05) is 11.6 Å². The number of carbonyl (C=O) groups is 1. The molecule has 0 fully saturated rings. The lowest BCUT2D eigenvalue weighted by Gasteiger charge is -2.11. The van der Waals surface area contributed by atoms with Gasteiger partial charge in [-0.3, -0.25) is 4.68 Å². The number of halogens is 1. The molecular formula is C13H14ClN3O3. The van der Waals surface area contributed by atoms with Crippen LogP contribution in [-0.2, 0) is 13.6 Å². The van der Waals surface area contributed by atoms with Crippen molar-refractivity contribution in [3.8, 4) is 5.75 Å². The summed E-state index contributed by atoms with van der Waals surface area (Å²) in [6.45, 7) is 0.297. The molecule has 0 unspecified atom stereocenters. The van der Waals surface area contributed by atoms with Gasteiger partial charge < -0.3 is 15.2 Å². The molecule has 0 spiro atoms. The molecule has 0 radical (unpaired) electrons. The molecule has 0 aliphatic carbocycles. The number of aromatic carboxylic acids is 1. The summed E-state index contributed by atoms with van der Waals surface area (Å²) in [6.07, 6.45) is 1.33. The van der Waals surface area contributed by atoms with Crippen LogP contribution in [0.2, 0.25) is 5.02 Å². The van der Waals surface area contributed by atoms with Crippen molar-refractivity contribution < 1.29 is 14.6 Å². The number of anilines is 1. The number of carboxylic acids is 1. The molecule has 1 aromatic carbocycles. The van der Waals surface area contributed by atoms with Gasteiger partial charge >= 0.3 is 5.97 Å². The molecule has 0 saturated heterocycles. The minimum Gasteiger partial charge on any atom is -0.497 e. The van der Waals surface area contributed by atoms with Crippen molar-refractivity contribution in [2.75, 3.05) is 12.4 Å². The Labute approximate surface area is 120 Å². The van der Waals surface area contributed by atoms with Gasteiger partial charge in [-0.2, -0.15) is 5.10 Å². The molecule has 0 aliphatic heterocycles. The van der Waals surface area contributed by atoms with Crippen LogP contribution in [0, 0.1) is 0 Å². The highest BCUT2D eigenvalue weighted by Gasteiger charge is 2.15. The summed E-state index contributed by atoms with van der Waals surface area (Å²) >= 11 is 6.08. The Morgan fingerprint density at radius 1 is 1.55 bits per heavy atom. The van der Waals surface area contributed by atoms with Gasteiger partial charge in [0, 0.05) is 13.1 Å². The Bertz CT molecular complexity index is 640. The highest BCUT2D eigenvalue weighted by molar-refractivity contribution is 6.33. The third-order valence-electron chi connectivity index (χ3n) is 2.91. The Hall–Kier alpha value is -2.21. The molecule has 0 bridgehead atoms. The average molecular weight is 296 g/mol. The fraction of sp³-hybridized carbons (Fsp3) is 0.231. The molecule has 1 heterocycles. The van der Waals surface area contributed by atoms with E-state index in [1.54, 1.807) is 32.4 Å². The summed E-state index contributed by atoms with van der Waals surface area (Å²) < 4.78 is 6.64. The van der Waals surface area contributed by atoms with Gasteiger partial charge in [-0.15, -0.1) is 0 Å². The second-order valence-electron chi connectivity index (χ2n) is 4.13. The lowest BCUT2D eigenvalue weighted by Crippen LogP contribution is -2.10. The molecule has 2 rings (SSSR count). The Morgan fingerprint density at radius 3 is 2.95 bits per heavy atom. The first-order valence-corrected chi connectivity index (χ1v) is 6.22. The smallest absolute Gasteiger partial charge is 0.339 e. The predicted molar refractivity (Wildman–Crippen MR) is 75.5 cm³/mol. The van der Waals surface area contributed by atoms with Gasteiger partial charge in [0.05, 0.1) is 36.3 Å². The van der Waals surface area contributed by atoms with Crippen molar-refractivity contribution in [3.63, 3.8) is 0 Å². The molecular weight excluding hydrogens is 282 g/mol. The quantitative estimate of drug-likeness (QED) is 0.886. The summed E-state index contributed by atoms with van der Waals surface area (Å²) in [7, 11) is 3.26. The van der Waals surface area contributed by atoms with Crippen LogP contribution in [0.4, 0.5) is 5.69 Å². The maximum atomic E-state index is 11.1. The van der Waals surface area contributed by atoms with Crippen molar-refractivity contribution in [2.24, 2.45) is 7.05 Å². The standard InChI is InChI=1S/C13H14ClN3O3/c1-17-12(9(6-16-17)13(18)19)7-15-11-5-8(20-2)3-4-10(11)14/h3-6,15H,7H2,1-2H3,(H,18,19). The molecule has 2 N–H and O–H groups in total.